The summed E-state index contributed by atoms with van der Waals surface area (Å²) in [5.74, 6) is 1.65. The maximum atomic E-state index is 11.4. The molecule has 0 bridgehead atoms. The van der Waals surface area contributed by atoms with Crippen molar-refractivity contribution in [1.82, 2.24) is 16.0 Å². The minimum Gasteiger partial charge on any atom is -0.444 e. The molecule has 1 aliphatic rings. The Hall–Kier alpha value is -0.730. The number of nitrogens with one attached hydrogen (secondary N) is 3. The summed E-state index contributed by atoms with van der Waals surface area (Å²) in [5, 5.41) is 9.24. The van der Waals surface area contributed by atoms with E-state index in [1.165, 1.54) is 12.8 Å². The average molecular weight is 412 g/mol. The van der Waals surface area contributed by atoms with E-state index in [1.54, 1.807) is 7.05 Å². The van der Waals surface area contributed by atoms with Gasteiger partial charge >= 0.3 is 6.09 Å². The van der Waals surface area contributed by atoms with Crippen molar-refractivity contribution in [2.75, 3.05) is 26.7 Å². The minimum atomic E-state index is -0.447. The Balaban J connectivity index is 0.00000400. The molecule has 0 atom stereocenters. The number of hydrogen-bond donors (Lipinski definition) is 3. The Morgan fingerprint density at radius 2 is 1.81 bits per heavy atom. The summed E-state index contributed by atoms with van der Waals surface area (Å²) in [6.07, 6.45) is 3.10. The molecule has 6 nitrogen and oxygen atoms in total. The van der Waals surface area contributed by atoms with Crippen molar-refractivity contribution in [2.45, 2.75) is 45.6 Å². The molecule has 1 rings (SSSR count). The van der Waals surface area contributed by atoms with Gasteiger partial charge in [0, 0.05) is 26.7 Å². The quantitative estimate of drug-likeness (QED) is 0.270. The fraction of sp³-hybridized carbons (Fsp3) is 0.857. The summed E-state index contributed by atoms with van der Waals surface area (Å²) in [5.41, 5.74) is -0.447. The number of nitrogens with zero attached hydrogens (tertiary/aromatic N) is 1. The second-order valence-corrected chi connectivity index (χ2v) is 6.11. The van der Waals surface area contributed by atoms with E-state index in [-0.39, 0.29) is 30.1 Å². The summed E-state index contributed by atoms with van der Waals surface area (Å²) >= 11 is 0. The van der Waals surface area contributed by atoms with Gasteiger partial charge in [0.1, 0.15) is 5.60 Å². The van der Waals surface area contributed by atoms with Crippen molar-refractivity contribution in [3.8, 4) is 0 Å². The van der Waals surface area contributed by atoms with Crippen molar-refractivity contribution >= 4 is 36.0 Å². The standard InChI is InChI=1S/C14H28N4O2.HI/c1-14(2,3)20-13(19)17-9-5-8-16-12(15-4)18-10-11-6-7-11;/h11H,5-10H2,1-4H3,(H,17,19)(H2,15,16,18);1H. The van der Waals surface area contributed by atoms with Crippen LogP contribution in [0.5, 0.6) is 0 Å². The predicted octanol–water partition coefficient (Wildman–Crippen LogP) is 2.09. The summed E-state index contributed by atoms with van der Waals surface area (Å²) in [6.45, 7) is 7.90. The van der Waals surface area contributed by atoms with Gasteiger partial charge in [-0.2, -0.15) is 0 Å². The molecular weight excluding hydrogens is 383 g/mol. The first-order chi connectivity index (χ1) is 9.40. The number of amides is 1. The highest BCUT2D eigenvalue weighted by Gasteiger charge is 2.21. The first-order valence-corrected chi connectivity index (χ1v) is 7.32. The van der Waals surface area contributed by atoms with E-state index >= 15 is 0 Å². The highest BCUT2D eigenvalue weighted by molar-refractivity contribution is 14.0. The first kappa shape index (κ1) is 20.3. The van der Waals surface area contributed by atoms with Gasteiger partial charge in [-0.05, 0) is 46.0 Å². The van der Waals surface area contributed by atoms with Crippen LogP contribution < -0.4 is 16.0 Å². The number of carbonyl (C=O) groups excluding carboxylic acids is 1. The molecule has 0 heterocycles. The topological polar surface area (TPSA) is 74.8 Å². The van der Waals surface area contributed by atoms with Gasteiger partial charge in [-0.15, -0.1) is 24.0 Å². The lowest BCUT2D eigenvalue weighted by molar-refractivity contribution is 0.0527. The van der Waals surface area contributed by atoms with Gasteiger partial charge in [-0.25, -0.2) is 4.79 Å². The fourth-order valence-electron chi connectivity index (χ4n) is 1.58. The molecule has 1 aliphatic carbocycles. The zero-order valence-electron chi connectivity index (χ0n) is 13.5. The number of carbonyl (C=O) groups is 1. The van der Waals surface area contributed by atoms with E-state index in [1.807, 2.05) is 20.8 Å². The predicted molar refractivity (Wildman–Crippen MR) is 96.4 cm³/mol. The molecule has 1 saturated carbocycles. The SMILES string of the molecule is CN=C(NCCCNC(=O)OC(C)(C)C)NCC1CC1.I. The summed E-state index contributed by atoms with van der Waals surface area (Å²) in [4.78, 5) is 15.6. The largest absolute Gasteiger partial charge is 0.444 e. The van der Waals surface area contributed by atoms with Crippen molar-refractivity contribution in [3.05, 3.63) is 0 Å². The second-order valence-electron chi connectivity index (χ2n) is 6.11. The summed E-state index contributed by atoms with van der Waals surface area (Å²) in [7, 11) is 1.77. The van der Waals surface area contributed by atoms with Crippen LogP contribution in [0, 0.1) is 5.92 Å². The van der Waals surface area contributed by atoms with Crippen molar-refractivity contribution in [3.63, 3.8) is 0 Å². The number of halogens is 1. The second kappa shape index (κ2) is 10.1. The zero-order valence-corrected chi connectivity index (χ0v) is 15.8. The molecular formula is C14H29IN4O2. The molecule has 0 aliphatic heterocycles. The summed E-state index contributed by atoms with van der Waals surface area (Å²) < 4.78 is 5.15. The lowest BCUT2D eigenvalue weighted by Crippen LogP contribution is -2.40. The van der Waals surface area contributed by atoms with Crippen LogP contribution in [0.15, 0.2) is 4.99 Å². The Labute approximate surface area is 144 Å². The van der Waals surface area contributed by atoms with E-state index < -0.39 is 5.60 Å². The van der Waals surface area contributed by atoms with Crippen LogP contribution >= 0.6 is 24.0 Å². The Morgan fingerprint density at radius 1 is 1.19 bits per heavy atom. The van der Waals surface area contributed by atoms with Crippen LogP contribution in [-0.2, 0) is 4.74 Å². The van der Waals surface area contributed by atoms with Crippen molar-refractivity contribution < 1.29 is 9.53 Å². The van der Waals surface area contributed by atoms with Crippen LogP contribution in [0.2, 0.25) is 0 Å². The highest BCUT2D eigenvalue weighted by atomic mass is 127. The number of hydrogen-bond acceptors (Lipinski definition) is 3. The maximum Gasteiger partial charge on any atom is 0.407 e. The third kappa shape index (κ3) is 11.6. The van der Waals surface area contributed by atoms with Crippen LogP contribution in [0.4, 0.5) is 4.79 Å². The molecule has 0 aromatic carbocycles. The highest BCUT2D eigenvalue weighted by Crippen LogP contribution is 2.27. The van der Waals surface area contributed by atoms with Gasteiger partial charge in [-0.3, -0.25) is 4.99 Å². The minimum absolute atomic E-state index is 0. The fourth-order valence-corrected chi connectivity index (χ4v) is 1.58. The lowest BCUT2D eigenvalue weighted by atomic mass is 10.2. The van der Waals surface area contributed by atoms with Gasteiger partial charge in [0.15, 0.2) is 5.96 Å². The molecule has 1 fully saturated rings. The molecule has 0 aromatic heterocycles. The van der Waals surface area contributed by atoms with Crippen LogP contribution in [-0.4, -0.2) is 44.3 Å². The monoisotopic (exact) mass is 412 g/mol. The Bertz CT molecular complexity index is 338. The van der Waals surface area contributed by atoms with E-state index in [9.17, 15) is 4.79 Å². The van der Waals surface area contributed by atoms with E-state index in [0.717, 1.165) is 31.4 Å². The Kier molecular flexibility index (Phi) is 9.72. The van der Waals surface area contributed by atoms with Crippen molar-refractivity contribution in [2.24, 2.45) is 10.9 Å². The maximum absolute atomic E-state index is 11.4. The Morgan fingerprint density at radius 3 is 2.33 bits per heavy atom. The molecule has 124 valence electrons. The first-order valence-electron chi connectivity index (χ1n) is 7.32. The molecule has 0 unspecified atom stereocenters. The van der Waals surface area contributed by atoms with Crippen LogP contribution in [0.3, 0.4) is 0 Å². The van der Waals surface area contributed by atoms with Gasteiger partial charge in [-0.1, -0.05) is 0 Å². The smallest absolute Gasteiger partial charge is 0.407 e. The van der Waals surface area contributed by atoms with Crippen LogP contribution in [0.25, 0.3) is 0 Å². The average Bonchev–Trinajstić information content (AvgIpc) is 3.14. The number of rotatable bonds is 6. The van der Waals surface area contributed by atoms with E-state index in [4.69, 9.17) is 4.74 Å². The third-order valence-corrected chi connectivity index (χ3v) is 2.79. The third-order valence-electron chi connectivity index (χ3n) is 2.79. The summed E-state index contributed by atoms with van der Waals surface area (Å²) in [6, 6.07) is 0. The molecule has 0 spiro atoms. The van der Waals surface area contributed by atoms with E-state index in [2.05, 4.69) is 20.9 Å². The number of guanidine groups is 1. The normalized spacial score (nSPS) is 15.0. The van der Waals surface area contributed by atoms with Crippen LogP contribution in [0.1, 0.15) is 40.0 Å². The van der Waals surface area contributed by atoms with Gasteiger partial charge < -0.3 is 20.7 Å². The molecule has 0 saturated heterocycles. The number of alkyl carbamates (subject to hydrolysis) is 1. The molecule has 7 heteroatoms. The molecule has 21 heavy (non-hydrogen) atoms. The molecule has 0 radical (unpaired) electrons. The van der Waals surface area contributed by atoms with E-state index in [0.29, 0.717) is 6.54 Å². The molecule has 0 aromatic rings. The molecule has 1 amide bonds. The number of ether oxygens (including phenoxy) is 1. The van der Waals surface area contributed by atoms with Crippen molar-refractivity contribution in [1.29, 1.82) is 0 Å². The van der Waals surface area contributed by atoms with Gasteiger partial charge in [0.25, 0.3) is 0 Å². The van der Waals surface area contributed by atoms with Gasteiger partial charge in [0.05, 0.1) is 0 Å². The number of aliphatic imine (C=N–C) groups is 1. The lowest BCUT2D eigenvalue weighted by Gasteiger charge is -2.19. The zero-order chi connectivity index (χ0) is 15.0. The molecule has 3 N–H and O–H groups in total. The van der Waals surface area contributed by atoms with Gasteiger partial charge in [0.2, 0.25) is 0 Å².